The maximum absolute atomic E-state index is 9.97. The molecule has 0 aromatic heterocycles. The minimum absolute atomic E-state index is 0.218. The molecule has 0 aliphatic heterocycles. The summed E-state index contributed by atoms with van der Waals surface area (Å²) in [5, 5.41) is 9.97. The third kappa shape index (κ3) is 1.37. The highest BCUT2D eigenvalue weighted by atomic mass is 16.5. The van der Waals surface area contributed by atoms with Gasteiger partial charge in [-0.1, -0.05) is 24.3 Å². The van der Waals surface area contributed by atoms with E-state index in [9.17, 15) is 5.11 Å². The first-order chi connectivity index (χ1) is 6.74. The zero-order valence-corrected chi connectivity index (χ0v) is 8.40. The van der Waals surface area contributed by atoms with Crippen molar-refractivity contribution in [3.8, 4) is 0 Å². The van der Waals surface area contributed by atoms with Crippen molar-refractivity contribution in [2.45, 2.75) is 19.1 Å². The summed E-state index contributed by atoms with van der Waals surface area (Å²) in [4.78, 5) is 0. The van der Waals surface area contributed by atoms with Crippen LogP contribution in [0.2, 0.25) is 0 Å². The number of aliphatic hydroxyl groups is 1. The Morgan fingerprint density at radius 2 is 2.00 bits per heavy atom. The van der Waals surface area contributed by atoms with Crippen LogP contribution in [0.15, 0.2) is 30.3 Å². The van der Waals surface area contributed by atoms with E-state index in [4.69, 9.17) is 4.74 Å². The van der Waals surface area contributed by atoms with Crippen LogP contribution in [-0.2, 0) is 4.74 Å². The van der Waals surface area contributed by atoms with E-state index in [-0.39, 0.29) is 6.10 Å². The summed E-state index contributed by atoms with van der Waals surface area (Å²) in [5.74, 6) is 0. The van der Waals surface area contributed by atoms with Gasteiger partial charge in [-0.3, -0.25) is 0 Å². The molecule has 2 atom stereocenters. The molecular weight excluding hydrogens is 176 g/mol. The van der Waals surface area contributed by atoms with Crippen LogP contribution in [0.5, 0.6) is 0 Å². The van der Waals surface area contributed by atoms with E-state index in [1.807, 2.05) is 37.3 Å². The summed E-state index contributed by atoms with van der Waals surface area (Å²) in [6.07, 6.45) is 1.21. The van der Waals surface area contributed by atoms with E-state index in [1.54, 1.807) is 7.11 Å². The van der Waals surface area contributed by atoms with Crippen LogP contribution < -0.4 is 0 Å². The summed E-state index contributed by atoms with van der Waals surface area (Å²) in [7, 11) is 1.62. The number of allylic oxidation sites excluding steroid dienone is 1. The van der Waals surface area contributed by atoms with Crippen molar-refractivity contribution in [3.05, 3.63) is 41.5 Å². The summed E-state index contributed by atoms with van der Waals surface area (Å²) in [5.41, 5.74) is 3.24. The molecule has 0 unspecified atom stereocenters. The molecule has 0 bridgehead atoms. The second-order valence-electron chi connectivity index (χ2n) is 3.58. The highest BCUT2D eigenvalue weighted by Crippen LogP contribution is 2.33. The molecule has 1 N–H and O–H groups in total. The van der Waals surface area contributed by atoms with Crippen LogP contribution in [-0.4, -0.2) is 18.3 Å². The fraction of sp³-hybridized carbons (Fsp3) is 0.333. The van der Waals surface area contributed by atoms with Crippen LogP contribution in [0.3, 0.4) is 0 Å². The first kappa shape index (κ1) is 9.44. The van der Waals surface area contributed by atoms with Crippen molar-refractivity contribution < 1.29 is 9.84 Å². The Morgan fingerprint density at radius 3 is 2.71 bits per heavy atom. The second-order valence-corrected chi connectivity index (χ2v) is 3.58. The van der Waals surface area contributed by atoms with Gasteiger partial charge in [0.2, 0.25) is 0 Å². The van der Waals surface area contributed by atoms with Gasteiger partial charge in [0.15, 0.2) is 0 Å². The largest absolute Gasteiger partial charge is 0.385 e. The van der Waals surface area contributed by atoms with Crippen molar-refractivity contribution in [3.63, 3.8) is 0 Å². The zero-order chi connectivity index (χ0) is 10.1. The topological polar surface area (TPSA) is 29.5 Å². The second kappa shape index (κ2) is 3.56. The Hall–Kier alpha value is -1.12. The molecule has 0 radical (unpaired) electrons. The molecule has 0 saturated carbocycles. The number of methoxy groups -OCH3 is 1. The molecule has 2 heteroatoms. The highest BCUT2D eigenvalue weighted by Gasteiger charge is 2.25. The zero-order valence-electron chi connectivity index (χ0n) is 8.40. The molecule has 0 heterocycles. The Kier molecular flexibility index (Phi) is 2.40. The third-order valence-electron chi connectivity index (χ3n) is 2.70. The van der Waals surface area contributed by atoms with Crippen LogP contribution in [0.25, 0.3) is 5.57 Å². The lowest BCUT2D eigenvalue weighted by Gasteiger charge is -2.26. The van der Waals surface area contributed by atoms with Crippen LogP contribution in [0.1, 0.15) is 24.2 Å². The van der Waals surface area contributed by atoms with E-state index in [2.05, 4.69) is 0 Å². The molecule has 0 fully saturated rings. The molecule has 0 amide bonds. The first-order valence-electron chi connectivity index (χ1n) is 4.72. The van der Waals surface area contributed by atoms with Gasteiger partial charge in [-0.25, -0.2) is 0 Å². The lowest BCUT2D eigenvalue weighted by Crippen LogP contribution is -2.23. The van der Waals surface area contributed by atoms with E-state index in [0.29, 0.717) is 0 Å². The number of rotatable bonds is 1. The molecule has 1 aliphatic rings. The van der Waals surface area contributed by atoms with Crippen molar-refractivity contribution in [2.75, 3.05) is 7.11 Å². The molecule has 0 saturated heterocycles. The van der Waals surface area contributed by atoms with E-state index in [0.717, 1.165) is 16.7 Å². The summed E-state index contributed by atoms with van der Waals surface area (Å²) >= 11 is 0. The summed E-state index contributed by atoms with van der Waals surface area (Å²) < 4.78 is 5.20. The fourth-order valence-corrected chi connectivity index (χ4v) is 1.92. The van der Waals surface area contributed by atoms with Crippen LogP contribution in [0, 0.1) is 0 Å². The molecule has 0 spiro atoms. The Bertz CT molecular complexity index is 368. The minimum atomic E-state index is -0.542. The monoisotopic (exact) mass is 190 g/mol. The first-order valence-corrected chi connectivity index (χ1v) is 4.72. The Balaban J connectivity index is 2.51. The smallest absolute Gasteiger partial charge is 0.109 e. The molecule has 1 aliphatic carbocycles. The molecule has 2 nitrogen and oxygen atoms in total. The molecule has 2 rings (SSSR count). The molecule has 74 valence electrons. The number of hydrogen-bond donors (Lipinski definition) is 1. The molecule has 14 heavy (non-hydrogen) atoms. The van der Waals surface area contributed by atoms with Gasteiger partial charge < -0.3 is 9.84 Å². The van der Waals surface area contributed by atoms with Gasteiger partial charge in [-0.2, -0.15) is 0 Å². The van der Waals surface area contributed by atoms with E-state index >= 15 is 0 Å². The Morgan fingerprint density at radius 1 is 1.29 bits per heavy atom. The fourth-order valence-electron chi connectivity index (χ4n) is 1.92. The predicted octanol–water partition coefficient (Wildman–Crippen LogP) is 2.15. The van der Waals surface area contributed by atoms with Crippen molar-refractivity contribution in [2.24, 2.45) is 0 Å². The number of ether oxygens (including phenoxy) is 1. The van der Waals surface area contributed by atoms with Gasteiger partial charge in [0.1, 0.15) is 12.2 Å². The average Bonchev–Trinajstić information content (AvgIpc) is 2.23. The van der Waals surface area contributed by atoms with Crippen LogP contribution in [0.4, 0.5) is 0 Å². The van der Waals surface area contributed by atoms with Gasteiger partial charge in [0.25, 0.3) is 0 Å². The highest BCUT2D eigenvalue weighted by molar-refractivity contribution is 5.69. The third-order valence-corrected chi connectivity index (χ3v) is 2.70. The molecule has 1 aromatic rings. The molecule has 1 aromatic carbocycles. The number of hydrogen-bond acceptors (Lipinski definition) is 2. The lowest BCUT2D eigenvalue weighted by molar-refractivity contribution is 0.0146. The maximum atomic E-state index is 9.97. The lowest BCUT2D eigenvalue weighted by atomic mass is 9.88. The van der Waals surface area contributed by atoms with E-state index in [1.165, 1.54) is 0 Å². The van der Waals surface area contributed by atoms with Crippen molar-refractivity contribution in [1.29, 1.82) is 0 Å². The number of aliphatic hydroxyl groups excluding tert-OH is 1. The Labute approximate surface area is 83.8 Å². The van der Waals surface area contributed by atoms with Gasteiger partial charge in [0.05, 0.1) is 0 Å². The average molecular weight is 190 g/mol. The molecular formula is C12H14O2. The summed E-state index contributed by atoms with van der Waals surface area (Å²) in [6, 6.07) is 7.89. The minimum Gasteiger partial charge on any atom is -0.385 e. The SMILES string of the molecule is CO[C@H]1C=C(C)c2ccccc2[C@@H]1O. The quantitative estimate of drug-likeness (QED) is 0.735. The standard InChI is InChI=1S/C12H14O2/c1-8-7-11(14-2)12(13)10-6-4-3-5-9(8)10/h3-7,11-13H,1-2H3/t11-,12-/m0/s1. The van der Waals surface area contributed by atoms with Gasteiger partial charge in [-0.15, -0.1) is 0 Å². The van der Waals surface area contributed by atoms with E-state index < -0.39 is 6.10 Å². The van der Waals surface area contributed by atoms with Crippen LogP contribution >= 0.6 is 0 Å². The number of fused-ring (bicyclic) bond motifs is 1. The van der Waals surface area contributed by atoms with Gasteiger partial charge in [-0.05, 0) is 29.7 Å². The maximum Gasteiger partial charge on any atom is 0.109 e. The van der Waals surface area contributed by atoms with Crippen molar-refractivity contribution >= 4 is 5.57 Å². The van der Waals surface area contributed by atoms with Crippen molar-refractivity contribution in [1.82, 2.24) is 0 Å². The number of benzene rings is 1. The predicted molar refractivity (Wildman–Crippen MR) is 55.8 cm³/mol. The van der Waals surface area contributed by atoms with Gasteiger partial charge in [0, 0.05) is 7.11 Å². The summed E-state index contributed by atoms with van der Waals surface area (Å²) in [6.45, 7) is 2.04. The normalized spacial score (nSPS) is 25.5. The van der Waals surface area contributed by atoms with Gasteiger partial charge >= 0.3 is 0 Å².